The van der Waals surface area contributed by atoms with Gasteiger partial charge in [-0.3, -0.25) is 4.79 Å². The summed E-state index contributed by atoms with van der Waals surface area (Å²) >= 11 is 0. The zero-order chi connectivity index (χ0) is 13.4. The van der Waals surface area contributed by atoms with E-state index < -0.39 is 0 Å². The zero-order valence-corrected chi connectivity index (χ0v) is 11.3. The molecule has 1 aromatic rings. The minimum absolute atomic E-state index is 0.0265. The lowest BCUT2D eigenvalue weighted by Gasteiger charge is -2.16. The molecule has 100 valence electrons. The maximum atomic E-state index is 11.5. The number of benzene rings is 1. The van der Waals surface area contributed by atoms with Gasteiger partial charge in [-0.1, -0.05) is 25.1 Å². The first-order valence-electron chi connectivity index (χ1n) is 6.32. The van der Waals surface area contributed by atoms with Crippen molar-refractivity contribution in [3.8, 4) is 5.75 Å². The summed E-state index contributed by atoms with van der Waals surface area (Å²) in [4.78, 5) is 11.5. The van der Waals surface area contributed by atoms with Gasteiger partial charge in [-0.25, -0.2) is 0 Å². The third-order valence-corrected chi connectivity index (χ3v) is 2.75. The molecule has 0 unspecified atom stereocenters. The van der Waals surface area contributed by atoms with Crippen LogP contribution in [0.1, 0.15) is 31.9 Å². The molecule has 2 N–H and O–H groups in total. The average molecular weight is 250 g/mol. The molecule has 4 nitrogen and oxygen atoms in total. The van der Waals surface area contributed by atoms with E-state index in [0.29, 0.717) is 6.54 Å². The highest BCUT2D eigenvalue weighted by molar-refractivity contribution is 5.78. The molecule has 0 saturated carbocycles. The summed E-state index contributed by atoms with van der Waals surface area (Å²) < 4.78 is 5.30. The van der Waals surface area contributed by atoms with Crippen molar-refractivity contribution in [3.63, 3.8) is 0 Å². The van der Waals surface area contributed by atoms with Gasteiger partial charge in [0.1, 0.15) is 5.75 Å². The number of rotatable bonds is 7. The summed E-state index contributed by atoms with van der Waals surface area (Å²) in [6, 6.07) is 7.90. The maximum absolute atomic E-state index is 11.5. The molecular weight excluding hydrogens is 228 g/mol. The number of carbonyl (C=O) groups excluding carboxylic acids is 1. The molecule has 0 aliphatic rings. The Morgan fingerprint density at radius 2 is 2.11 bits per heavy atom. The lowest BCUT2D eigenvalue weighted by Crippen LogP contribution is -2.35. The molecule has 1 atom stereocenters. The first kappa shape index (κ1) is 14.5. The standard InChI is InChI=1S/C14H22N2O2/c1-4-9-15-14(17)10-16-11(2)12-7-5-6-8-13(12)18-3/h5-8,11,16H,4,9-10H2,1-3H3,(H,15,17)/t11-/m0/s1. The predicted octanol–water partition coefficient (Wildman–Crippen LogP) is 1.87. The van der Waals surface area contributed by atoms with Crippen molar-refractivity contribution in [1.29, 1.82) is 0 Å². The van der Waals surface area contributed by atoms with Gasteiger partial charge >= 0.3 is 0 Å². The van der Waals surface area contributed by atoms with Crippen molar-refractivity contribution < 1.29 is 9.53 Å². The summed E-state index contributed by atoms with van der Waals surface area (Å²) in [5.41, 5.74) is 1.06. The fraction of sp³-hybridized carbons (Fsp3) is 0.500. The molecule has 1 rings (SSSR count). The van der Waals surface area contributed by atoms with Crippen LogP contribution < -0.4 is 15.4 Å². The number of nitrogens with one attached hydrogen (secondary N) is 2. The molecular formula is C14H22N2O2. The van der Waals surface area contributed by atoms with E-state index in [2.05, 4.69) is 10.6 Å². The van der Waals surface area contributed by atoms with Gasteiger partial charge in [0.2, 0.25) is 5.91 Å². The highest BCUT2D eigenvalue weighted by Gasteiger charge is 2.11. The third kappa shape index (κ3) is 4.37. The molecule has 0 radical (unpaired) electrons. The van der Waals surface area contributed by atoms with Crippen LogP contribution in [0.3, 0.4) is 0 Å². The second kappa shape index (κ2) is 7.71. The van der Waals surface area contributed by atoms with Crippen molar-refractivity contribution in [2.75, 3.05) is 20.2 Å². The van der Waals surface area contributed by atoms with E-state index in [1.165, 1.54) is 0 Å². The van der Waals surface area contributed by atoms with Gasteiger partial charge in [0.15, 0.2) is 0 Å². The summed E-state index contributed by atoms with van der Waals surface area (Å²) in [6.45, 7) is 5.10. The Kier molecular flexibility index (Phi) is 6.22. The van der Waals surface area contributed by atoms with Crippen LogP contribution in [-0.4, -0.2) is 26.1 Å². The van der Waals surface area contributed by atoms with E-state index in [-0.39, 0.29) is 11.9 Å². The molecule has 0 fully saturated rings. The maximum Gasteiger partial charge on any atom is 0.233 e. The number of carbonyl (C=O) groups is 1. The van der Waals surface area contributed by atoms with Crippen LogP contribution in [-0.2, 0) is 4.79 Å². The van der Waals surface area contributed by atoms with Crippen molar-refractivity contribution in [2.24, 2.45) is 0 Å². The molecule has 0 bridgehead atoms. The molecule has 0 aliphatic heterocycles. The second-order valence-electron chi connectivity index (χ2n) is 4.19. The molecule has 4 heteroatoms. The quantitative estimate of drug-likeness (QED) is 0.776. The number of amides is 1. The van der Waals surface area contributed by atoms with E-state index >= 15 is 0 Å². The van der Waals surface area contributed by atoms with Gasteiger partial charge in [0, 0.05) is 18.2 Å². The highest BCUT2D eigenvalue weighted by Crippen LogP contribution is 2.23. The first-order chi connectivity index (χ1) is 8.69. The van der Waals surface area contributed by atoms with Crippen LogP contribution in [0.4, 0.5) is 0 Å². The highest BCUT2D eigenvalue weighted by atomic mass is 16.5. The van der Waals surface area contributed by atoms with E-state index in [4.69, 9.17) is 4.74 Å². The van der Waals surface area contributed by atoms with E-state index in [9.17, 15) is 4.79 Å². The van der Waals surface area contributed by atoms with Crippen molar-refractivity contribution >= 4 is 5.91 Å². The number of para-hydroxylation sites is 1. The monoisotopic (exact) mass is 250 g/mol. The molecule has 0 spiro atoms. The first-order valence-corrected chi connectivity index (χ1v) is 6.32. The predicted molar refractivity (Wildman–Crippen MR) is 72.7 cm³/mol. The zero-order valence-electron chi connectivity index (χ0n) is 11.3. The molecule has 0 saturated heterocycles. The summed E-state index contributed by atoms with van der Waals surface area (Å²) in [5.74, 6) is 0.866. The van der Waals surface area contributed by atoms with Gasteiger partial charge in [0.25, 0.3) is 0 Å². The Hall–Kier alpha value is -1.55. The number of methoxy groups -OCH3 is 1. The summed E-state index contributed by atoms with van der Waals surface area (Å²) in [5, 5.41) is 6.03. The van der Waals surface area contributed by atoms with Gasteiger partial charge < -0.3 is 15.4 Å². The molecule has 0 heterocycles. The normalized spacial score (nSPS) is 11.9. The van der Waals surface area contributed by atoms with E-state index in [1.807, 2.05) is 38.1 Å². The Balaban J connectivity index is 2.49. The van der Waals surface area contributed by atoms with Crippen molar-refractivity contribution in [3.05, 3.63) is 29.8 Å². The van der Waals surface area contributed by atoms with Gasteiger partial charge in [-0.05, 0) is 19.4 Å². The number of hydrogen-bond acceptors (Lipinski definition) is 3. The molecule has 0 aliphatic carbocycles. The van der Waals surface area contributed by atoms with Crippen LogP contribution in [0, 0.1) is 0 Å². The fourth-order valence-electron chi connectivity index (χ4n) is 1.71. The molecule has 1 amide bonds. The van der Waals surface area contributed by atoms with E-state index in [0.717, 1.165) is 24.3 Å². The lowest BCUT2D eigenvalue weighted by molar-refractivity contribution is -0.120. The van der Waals surface area contributed by atoms with Crippen LogP contribution >= 0.6 is 0 Å². The summed E-state index contributed by atoms with van der Waals surface area (Å²) in [7, 11) is 1.65. The van der Waals surface area contributed by atoms with Gasteiger partial charge in [0.05, 0.1) is 13.7 Å². The Morgan fingerprint density at radius 3 is 2.78 bits per heavy atom. The molecule has 0 aromatic heterocycles. The van der Waals surface area contributed by atoms with Crippen LogP contribution in [0.25, 0.3) is 0 Å². The SMILES string of the molecule is CCCNC(=O)CN[C@@H](C)c1ccccc1OC. The van der Waals surface area contributed by atoms with Crippen molar-refractivity contribution in [2.45, 2.75) is 26.3 Å². The van der Waals surface area contributed by atoms with Gasteiger partial charge in [-0.2, -0.15) is 0 Å². The van der Waals surface area contributed by atoms with Crippen LogP contribution in [0.15, 0.2) is 24.3 Å². The largest absolute Gasteiger partial charge is 0.496 e. The van der Waals surface area contributed by atoms with E-state index in [1.54, 1.807) is 7.11 Å². The minimum atomic E-state index is 0.0265. The Labute approximate surface area is 109 Å². The lowest BCUT2D eigenvalue weighted by atomic mass is 10.1. The molecule has 18 heavy (non-hydrogen) atoms. The second-order valence-corrected chi connectivity index (χ2v) is 4.19. The van der Waals surface area contributed by atoms with Crippen LogP contribution in [0.5, 0.6) is 5.75 Å². The summed E-state index contributed by atoms with van der Waals surface area (Å²) in [6.07, 6.45) is 0.952. The fourth-order valence-corrected chi connectivity index (χ4v) is 1.71. The number of ether oxygens (including phenoxy) is 1. The van der Waals surface area contributed by atoms with Crippen LogP contribution in [0.2, 0.25) is 0 Å². The number of hydrogen-bond donors (Lipinski definition) is 2. The molecule has 1 aromatic carbocycles. The van der Waals surface area contributed by atoms with Crippen molar-refractivity contribution in [1.82, 2.24) is 10.6 Å². The minimum Gasteiger partial charge on any atom is -0.496 e. The third-order valence-electron chi connectivity index (χ3n) is 2.75. The smallest absolute Gasteiger partial charge is 0.233 e. The Morgan fingerprint density at radius 1 is 1.39 bits per heavy atom. The average Bonchev–Trinajstić information content (AvgIpc) is 2.42. The Bertz CT molecular complexity index is 380. The van der Waals surface area contributed by atoms with Gasteiger partial charge in [-0.15, -0.1) is 0 Å². The topological polar surface area (TPSA) is 50.4 Å².